The van der Waals surface area contributed by atoms with Crippen LogP contribution in [0.1, 0.15) is 76.1 Å². The van der Waals surface area contributed by atoms with Gasteiger partial charge in [-0.1, -0.05) is 25.0 Å². The van der Waals surface area contributed by atoms with Gasteiger partial charge in [0.05, 0.1) is 21.6 Å². The van der Waals surface area contributed by atoms with Gasteiger partial charge in [0.1, 0.15) is 22.8 Å². The normalized spacial score (nSPS) is 24.1. The highest BCUT2D eigenvalue weighted by atomic mass is 32.2. The molecule has 63 heavy (non-hydrogen) atoms. The van der Waals surface area contributed by atoms with Gasteiger partial charge in [-0.05, 0) is 111 Å². The fraction of sp³-hybridized carbons (Fsp3) is 0.522. The van der Waals surface area contributed by atoms with E-state index in [1.807, 2.05) is 6.07 Å². The Bertz CT molecular complexity index is 2560. The lowest BCUT2D eigenvalue weighted by Crippen LogP contribution is -2.47. The number of nitrogens with zero attached hydrogens (tertiary/aromatic N) is 4. The Morgan fingerprint density at radius 1 is 1.08 bits per heavy atom. The minimum Gasteiger partial charge on any atom is -0.455 e. The highest BCUT2D eigenvalue weighted by Crippen LogP contribution is 2.78. The number of nitro groups is 1. The summed E-state index contributed by atoms with van der Waals surface area (Å²) in [4.78, 5) is 37.0. The Morgan fingerprint density at radius 2 is 1.86 bits per heavy atom. The zero-order valence-electron chi connectivity index (χ0n) is 35.9. The summed E-state index contributed by atoms with van der Waals surface area (Å²) in [6, 6.07) is 12.1. The molecule has 2 unspecified atom stereocenters. The number of hydrogen-bond acceptors (Lipinski definition) is 11. The number of aromatic amines is 1. The second-order valence-corrected chi connectivity index (χ2v) is 20.8. The number of carbonyl (C=O) groups excluding carboxylic acids is 1. The number of benzene rings is 2. The van der Waals surface area contributed by atoms with E-state index in [2.05, 4.69) is 43.7 Å². The average Bonchev–Trinajstić information content (AvgIpc) is 3.53. The first-order valence-electron chi connectivity index (χ1n) is 22.0. The summed E-state index contributed by atoms with van der Waals surface area (Å²) in [6.07, 6.45) is 9.40. The van der Waals surface area contributed by atoms with Crippen molar-refractivity contribution < 1.29 is 36.4 Å². The lowest BCUT2D eigenvalue weighted by Gasteiger charge is -2.46. The van der Waals surface area contributed by atoms with Gasteiger partial charge < -0.3 is 24.7 Å². The summed E-state index contributed by atoms with van der Waals surface area (Å²) >= 11 is 0. The predicted octanol–water partition coefficient (Wildman–Crippen LogP) is 8.53. The van der Waals surface area contributed by atoms with Gasteiger partial charge in [-0.2, -0.15) is 0 Å². The minimum absolute atomic E-state index is 0.0332. The molecule has 14 nitrogen and oxygen atoms in total. The number of anilines is 2. The van der Waals surface area contributed by atoms with Crippen LogP contribution in [0.2, 0.25) is 0 Å². The topological polar surface area (TPSA) is 172 Å². The Balaban J connectivity index is 0.917. The van der Waals surface area contributed by atoms with Crippen molar-refractivity contribution in [3.8, 4) is 11.5 Å². The van der Waals surface area contributed by atoms with Crippen molar-refractivity contribution in [1.29, 1.82) is 0 Å². The fourth-order valence-corrected chi connectivity index (χ4v) is 11.4. The number of pyridine rings is 1. The van der Waals surface area contributed by atoms with Crippen LogP contribution >= 0.6 is 0 Å². The van der Waals surface area contributed by atoms with Crippen LogP contribution in [0.15, 0.2) is 77.0 Å². The smallest absolute Gasteiger partial charge is 0.293 e. The molecule has 17 heteroatoms. The van der Waals surface area contributed by atoms with Crippen molar-refractivity contribution in [3.05, 3.63) is 87.7 Å². The molecule has 0 radical (unpaired) electrons. The molecule has 4 heterocycles. The Kier molecular flexibility index (Phi) is 11.3. The van der Waals surface area contributed by atoms with Crippen LogP contribution in [0.25, 0.3) is 11.0 Å². The molecule has 0 spiro atoms. The SMILES string of the molecule is CC1(C)CCC(CN2CCN(c3ccc(C(=O)NS(=O)(=O)c4ccc(NCC5CCOCC5)c([N+](=O)[O-])c4)c(Oc4cnc5[nH]ccc5c4)c3)CC2)=C(C23CC2[C@@H](C(C)(F)F)C3)C1. The fourth-order valence-electron chi connectivity index (χ4n) is 10.4. The van der Waals surface area contributed by atoms with Gasteiger partial charge in [-0.15, -0.1) is 0 Å². The number of halogens is 2. The van der Waals surface area contributed by atoms with Crippen LogP contribution in [0.4, 0.5) is 25.8 Å². The number of H-pyrrole nitrogens is 1. The van der Waals surface area contributed by atoms with Crippen molar-refractivity contribution in [1.82, 2.24) is 19.6 Å². The van der Waals surface area contributed by atoms with Crippen LogP contribution in [-0.2, 0) is 14.8 Å². The number of sulfonamides is 1. The first-order valence-corrected chi connectivity index (χ1v) is 23.5. The number of ether oxygens (including phenoxy) is 2. The van der Waals surface area contributed by atoms with Crippen molar-refractivity contribution in [2.75, 3.05) is 62.7 Å². The third-order valence-corrected chi connectivity index (χ3v) is 15.6. The number of aromatic nitrogens is 2. The van der Waals surface area contributed by atoms with Gasteiger partial charge in [0.2, 0.25) is 5.92 Å². The van der Waals surface area contributed by atoms with E-state index in [1.165, 1.54) is 35.5 Å². The van der Waals surface area contributed by atoms with Crippen molar-refractivity contribution in [2.45, 2.75) is 76.5 Å². The van der Waals surface area contributed by atoms with Crippen LogP contribution in [0.3, 0.4) is 0 Å². The summed E-state index contributed by atoms with van der Waals surface area (Å²) < 4.78 is 69.9. The van der Waals surface area contributed by atoms with E-state index in [-0.39, 0.29) is 39.7 Å². The average molecular weight is 888 g/mol. The van der Waals surface area contributed by atoms with E-state index in [4.69, 9.17) is 9.47 Å². The van der Waals surface area contributed by atoms with Crippen molar-refractivity contribution >= 4 is 44.0 Å². The highest BCUT2D eigenvalue weighted by molar-refractivity contribution is 7.90. The summed E-state index contributed by atoms with van der Waals surface area (Å²) in [5, 5.41) is 15.9. The first-order chi connectivity index (χ1) is 30.0. The molecule has 0 bridgehead atoms. The molecule has 2 aromatic heterocycles. The Morgan fingerprint density at radius 3 is 2.59 bits per heavy atom. The minimum atomic E-state index is -4.57. The zero-order chi connectivity index (χ0) is 44.3. The first kappa shape index (κ1) is 43.1. The van der Waals surface area contributed by atoms with Crippen molar-refractivity contribution in [2.24, 2.45) is 28.6 Å². The summed E-state index contributed by atoms with van der Waals surface area (Å²) in [5.74, 6) is -3.33. The maximum absolute atomic E-state index is 14.4. The van der Waals surface area contributed by atoms with E-state index >= 15 is 0 Å². The number of alkyl halides is 2. The van der Waals surface area contributed by atoms with Gasteiger partial charge in [0.25, 0.3) is 21.6 Å². The number of amides is 1. The van der Waals surface area contributed by atoms with E-state index in [0.29, 0.717) is 50.7 Å². The van der Waals surface area contributed by atoms with E-state index in [0.717, 1.165) is 82.2 Å². The molecular formula is C46H55F2N7O7S. The Hall–Kier alpha value is -5.13. The number of allylic oxidation sites excluding steroid dienone is 1. The summed E-state index contributed by atoms with van der Waals surface area (Å²) in [6.45, 7) is 11.1. The van der Waals surface area contributed by atoms with Crippen molar-refractivity contribution in [3.63, 3.8) is 0 Å². The van der Waals surface area contributed by atoms with Crippen LogP contribution in [0, 0.1) is 38.7 Å². The lowest BCUT2D eigenvalue weighted by atomic mass is 9.61. The van der Waals surface area contributed by atoms with E-state index in [9.17, 15) is 32.1 Å². The molecule has 1 amide bonds. The molecule has 9 rings (SSSR count). The van der Waals surface area contributed by atoms with Crippen LogP contribution < -0.4 is 19.7 Å². The van der Waals surface area contributed by atoms with Gasteiger partial charge in [0, 0.05) is 87.8 Å². The maximum Gasteiger partial charge on any atom is 0.293 e. The van der Waals surface area contributed by atoms with E-state index < -0.39 is 43.3 Å². The molecule has 2 aliphatic heterocycles. The highest BCUT2D eigenvalue weighted by Gasteiger charge is 2.73. The molecular weight excluding hydrogens is 833 g/mol. The maximum atomic E-state index is 14.4. The zero-order valence-corrected chi connectivity index (χ0v) is 36.7. The predicted molar refractivity (Wildman–Crippen MR) is 235 cm³/mol. The van der Waals surface area contributed by atoms with Gasteiger partial charge >= 0.3 is 0 Å². The number of fused-ring (bicyclic) bond motifs is 2. The van der Waals surface area contributed by atoms with Gasteiger partial charge in [-0.3, -0.25) is 19.8 Å². The quantitative estimate of drug-likeness (QED) is 0.0630. The number of hydrogen-bond donors (Lipinski definition) is 3. The largest absolute Gasteiger partial charge is 0.455 e. The molecule has 4 aromatic rings. The molecule has 3 atom stereocenters. The second-order valence-electron chi connectivity index (χ2n) is 19.1. The number of piperazine rings is 1. The number of rotatable bonds is 14. The number of nitro benzene ring substituents is 1. The standard InChI is InChI=1S/C46H55F2N7O7S/c1-44(2)12-8-31(36(23-44)46-24-37(38(46)25-46)45(3,47)48)28-53-14-16-54(17-15-53)32-4-6-35(41(21-32)62-33-20-30-9-13-49-42(30)51-27-33)43(56)52-63(59,60)34-5-7-39(40(22-34)55(57)58)50-26-29-10-18-61-19-11-29/h4-7,9,13,20-22,27,29,37-38,50H,8,10-12,14-19,23-26,28H2,1-3H3,(H,49,51)(H,52,56)/t37-,38?,46?/m0/s1. The van der Waals surface area contributed by atoms with Gasteiger partial charge in [0.15, 0.2) is 0 Å². The molecule has 2 aromatic carbocycles. The van der Waals surface area contributed by atoms with Crippen LogP contribution in [-0.4, -0.2) is 92.5 Å². The van der Waals surface area contributed by atoms with Gasteiger partial charge in [-0.25, -0.2) is 26.9 Å². The molecule has 2 saturated heterocycles. The number of nitrogens with one attached hydrogen (secondary N) is 3. The Labute approximate surface area is 366 Å². The number of carbonyl (C=O) groups is 1. The third kappa shape index (κ3) is 8.88. The van der Waals surface area contributed by atoms with E-state index in [1.54, 1.807) is 24.4 Å². The second kappa shape index (κ2) is 16.5. The molecule has 4 fully saturated rings. The molecule has 5 aliphatic rings. The summed E-state index contributed by atoms with van der Waals surface area (Å²) in [7, 11) is -4.57. The molecule has 3 aliphatic carbocycles. The van der Waals surface area contributed by atoms with Crippen LogP contribution in [0.5, 0.6) is 11.5 Å². The lowest BCUT2D eigenvalue weighted by molar-refractivity contribution is -0.384. The molecule has 3 N–H and O–H groups in total. The molecule has 336 valence electrons. The third-order valence-electron chi connectivity index (χ3n) is 14.2. The monoisotopic (exact) mass is 887 g/mol. The molecule has 2 saturated carbocycles. The summed E-state index contributed by atoms with van der Waals surface area (Å²) in [5.41, 5.74) is 4.13.